The number of alkyl carbamates (subject to hydrolysis) is 1. The van der Waals surface area contributed by atoms with E-state index in [9.17, 15) is 14.4 Å². The first-order valence-corrected chi connectivity index (χ1v) is 9.65. The molecule has 0 heterocycles. The zero-order chi connectivity index (χ0) is 22.6. The van der Waals surface area contributed by atoms with Crippen LogP contribution in [-0.4, -0.2) is 37.0 Å². The Morgan fingerprint density at radius 2 is 1.87 bits per heavy atom. The van der Waals surface area contributed by atoms with Crippen LogP contribution in [0.1, 0.15) is 26.3 Å². The highest BCUT2D eigenvalue weighted by Gasteiger charge is 2.25. The van der Waals surface area contributed by atoms with Crippen molar-refractivity contribution < 1.29 is 19.1 Å². The quantitative estimate of drug-likeness (QED) is 0.511. The Hall–Kier alpha value is -3.35. The maximum absolute atomic E-state index is 12.7. The standard InChI is InChI=1S/C23H31N3O4/c1-5-9-18(12-13-24)16-30-22(29)26-19(14-17-10-7-6-8-11-17)21(28)25-15-20(27)23(2,3)4/h5-13,19H,1,14-16,24H2,2-4H3,(H,25,28)(H,26,29)/b13-12-,18-9+/t19-/m0/s1. The number of amides is 2. The van der Waals surface area contributed by atoms with Crippen molar-refractivity contribution in [3.8, 4) is 0 Å². The lowest BCUT2D eigenvalue weighted by molar-refractivity contribution is -0.129. The summed E-state index contributed by atoms with van der Waals surface area (Å²) < 4.78 is 5.19. The molecule has 1 aromatic rings. The number of hydrogen-bond acceptors (Lipinski definition) is 5. The van der Waals surface area contributed by atoms with Gasteiger partial charge in [0.05, 0.1) is 6.54 Å². The topological polar surface area (TPSA) is 111 Å². The Labute approximate surface area is 178 Å². The molecule has 1 rings (SSSR count). The molecule has 0 radical (unpaired) electrons. The summed E-state index contributed by atoms with van der Waals surface area (Å²) in [6.45, 7) is 8.79. The van der Waals surface area contributed by atoms with Crippen LogP contribution in [0.3, 0.4) is 0 Å². The molecule has 0 aliphatic heterocycles. The molecule has 30 heavy (non-hydrogen) atoms. The van der Waals surface area contributed by atoms with Crippen LogP contribution in [0.4, 0.5) is 4.79 Å². The molecule has 1 atom stereocenters. The molecule has 0 bridgehead atoms. The molecule has 7 heteroatoms. The van der Waals surface area contributed by atoms with Gasteiger partial charge in [-0.3, -0.25) is 9.59 Å². The van der Waals surface area contributed by atoms with Gasteiger partial charge in [0.2, 0.25) is 5.91 Å². The van der Waals surface area contributed by atoms with Gasteiger partial charge in [0.15, 0.2) is 5.78 Å². The molecule has 0 aliphatic carbocycles. The largest absolute Gasteiger partial charge is 0.445 e. The fourth-order valence-corrected chi connectivity index (χ4v) is 2.37. The minimum atomic E-state index is -0.899. The maximum Gasteiger partial charge on any atom is 0.408 e. The normalized spacial score (nSPS) is 12.8. The van der Waals surface area contributed by atoms with Gasteiger partial charge in [-0.1, -0.05) is 69.8 Å². The van der Waals surface area contributed by atoms with Gasteiger partial charge < -0.3 is 21.1 Å². The number of ether oxygens (including phenoxy) is 1. The van der Waals surface area contributed by atoms with Gasteiger partial charge in [0, 0.05) is 11.8 Å². The first-order valence-electron chi connectivity index (χ1n) is 9.65. The fourth-order valence-electron chi connectivity index (χ4n) is 2.37. The summed E-state index contributed by atoms with van der Waals surface area (Å²) in [4.78, 5) is 37.1. The molecule has 0 fully saturated rings. The monoisotopic (exact) mass is 413 g/mol. The minimum absolute atomic E-state index is 0.0340. The first-order chi connectivity index (χ1) is 14.2. The number of ketones is 1. The number of nitrogens with two attached hydrogens (primary N) is 1. The van der Waals surface area contributed by atoms with Gasteiger partial charge in [-0.15, -0.1) is 0 Å². The van der Waals surface area contributed by atoms with Gasteiger partial charge in [-0.25, -0.2) is 4.79 Å². The average molecular weight is 414 g/mol. The summed E-state index contributed by atoms with van der Waals surface area (Å²) in [7, 11) is 0. The van der Waals surface area contributed by atoms with Crippen molar-refractivity contribution in [3.05, 3.63) is 72.5 Å². The lowest BCUT2D eigenvalue weighted by Crippen LogP contribution is -2.50. The van der Waals surface area contributed by atoms with E-state index in [2.05, 4.69) is 17.2 Å². The Kier molecular flexibility index (Phi) is 10.1. The van der Waals surface area contributed by atoms with Gasteiger partial charge in [0.25, 0.3) is 0 Å². The smallest absolute Gasteiger partial charge is 0.408 e. The summed E-state index contributed by atoms with van der Waals surface area (Å²) in [5.74, 6) is -0.568. The predicted octanol–water partition coefficient (Wildman–Crippen LogP) is 2.64. The molecule has 0 spiro atoms. The van der Waals surface area contributed by atoms with Crippen molar-refractivity contribution in [1.29, 1.82) is 0 Å². The highest BCUT2D eigenvalue weighted by molar-refractivity contribution is 5.92. The second-order valence-electron chi connectivity index (χ2n) is 7.69. The highest BCUT2D eigenvalue weighted by atomic mass is 16.5. The van der Waals surface area contributed by atoms with Crippen molar-refractivity contribution in [2.45, 2.75) is 33.2 Å². The summed E-state index contributed by atoms with van der Waals surface area (Å²) in [5.41, 5.74) is 6.30. The van der Waals surface area contributed by atoms with Gasteiger partial charge in [-0.05, 0) is 23.4 Å². The molecule has 1 aromatic carbocycles. The van der Waals surface area contributed by atoms with E-state index in [1.165, 1.54) is 6.20 Å². The first kappa shape index (κ1) is 24.7. The fraction of sp³-hybridized carbons (Fsp3) is 0.348. The van der Waals surface area contributed by atoms with Gasteiger partial charge in [0.1, 0.15) is 12.6 Å². The van der Waals surface area contributed by atoms with Crippen molar-refractivity contribution in [1.82, 2.24) is 10.6 Å². The lowest BCUT2D eigenvalue weighted by Gasteiger charge is -2.21. The second kappa shape index (κ2) is 12.3. The van der Waals surface area contributed by atoms with Crippen LogP contribution in [0.15, 0.2) is 66.9 Å². The molecule has 0 saturated carbocycles. The van der Waals surface area contributed by atoms with Crippen LogP contribution in [0.2, 0.25) is 0 Å². The molecule has 7 nitrogen and oxygen atoms in total. The highest BCUT2D eigenvalue weighted by Crippen LogP contribution is 2.13. The molecule has 0 unspecified atom stereocenters. The Balaban J connectivity index is 2.81. The number of Topliss-reactive ketones (excluding diaryl/α,β-unsaturated/α-hetero) is 1. The molecule has 0 saturated heterocycles. The number of carbonyl (C=O) groups is 3. The number of carbonyl (C=O) groups excluding carboxylic acids is 3. The third-order valence-corrected chi connectivity index (χ3v) is 4.16. The molecule has 0 aliphatic rings. The van der Waals surface area contributed by atoms with E-state index < -0.39 is 23.5 Å². The second-order valence-corrected chi connectivity index (χ2v) is 7.69. The van der Waals surface area contributed by atoms with Gasteiger partial charge >= 0.3 is 6.09 Å². The van der Waals surface area contributed by atoms with E-state index in [1.807, 2.05) is 30.3 Å². The van der Waals surface area contributed by atoms with Crippen LogP contribution in [0, 0.1) is 5.41 Å². The molecule has 0 aromatic heterocycles. The molecule has 162 valence electrons. The third kappa shape index (κ3) is 9.23. The number of hydrogen-bond donors (Lipinski definition) is 3. The lowest BCUT2D eigenvalue weighted by atomic mass is 9.91. The molecule has 4 N–H and O–H groups in total. The summed E-state index contributed by atoms with van der Waals surface area (Å²) in [6, 6.07) is 8.36. The molecule has 2 amide bonds. The van der Waals surface area contributed by atoms with Crippen LogP contribution in [0.5, 0.6) is 0 Å². The maximum atomic E-state index is 12.7. The van der Waals surface area contributed by atoms with Crippen molar-refractivity contribution >= 4 is 17.8 Å². The van der Waals surface area contributed by atoms with Crippen LogP contribution in [-0.2, 0) is 20.7 Å². The zero-order valence-electron chi connectivity index (χ0n) is 17.8. The number of nitrogens with one attached hydrogen (secondary N) is 2. The van der Waals surface area contributed by atoms with Crippen molar-refractivity contribution in [3.63, 3.8) is 0 Å². The Morgan fingerprint density at radius 1 is 1.20 bits per heavy atom. The van der Waals surface area contributed by atoms with E-state index in [4.69, 9.17) is 10.5 Å². The van der Waals surface area contributed by atoms with Crippen LogP contribution >= 0.6 is 0 Å². The minimum Gasteiger partial charge on any atom is -0.445 e. The third-order valence-electron chi connectivity index (χ3n) is 4.16. The van der Waals surface area contributed by atoms with Crippen molar-refractivity contribution in [2.24, 2.45) is 11.1 Å². The number of rotatable bonds is 10. The summed E-state index contributed by atoms with van der Waals surface area (Å²) in [5, 5.41) is 5.18. The zero-order valence-corrected chi connectivity index (χ0v) is 17.8. The van der Waals surface area contributed by atoms with Crippen molar-refractivity contribution in [2.75, 3.05) is 13.2 Å². The predicted molar refractivity (Wildman–Crippen MR) is 117 cm³/mol. The van der Waals surface area contributed by atoms with E-state index in [1.54, 1.807) is 39.0 Å². The van der Waals surface area contributed by atoms with Crippen LogP contribution in [0.25, 0.3) is 0 Å². The molecular formula is C23H31N3O4. The Bertz CT molecular complexity index is 792. The van der Waals surface area contributed by atoms with Gasteiger partial charge in [-0.2, -0.15) is 0 Å². The summed E-state index contributed by atoms with van der Waals surface area (Å²) >= 11 is 0. The van der Waals surface area contributed by atoms with E-state index in [0.29, 0.717) is 5.57 Å². The van der Waals surface area contributed by atoms with Crippen LogP contribution < -0.4 is 16.4 Å². The van der Waals surface area contributed by atoms with E-state index >= 15 is 0 Å². The average Bonchev–Trinajstić information content (AvgIpc) is 2.70. The summed E-state index contributed by atoms with van der Waals surface area (Å²) in [6.07, 6.45) is 5.62. The number of allylic oxidation sites excluding steroid dienone is 2. The Morgan fingerprint density at radius 3 is 2.43 bits per heavy atom. The molecular weight excluding hydrogens is 382 g/mol. The van der Waals surface area contributed by atoms with E-state index in [-0.39, 0.29) is 25.4 Å². The SMILES string of the molecule is C=C/C=C(\C=C/N)COC(=O)N[C@@H](Cc1ccccc1)C(=O)NCC(=O)C(C)(C)C. The number of benzene rings is 1. The van der Waals surface area contributed by atoms with E-state index in [0.717, 1.165) is 5.56 Å².